The van der Waals surface area contributed by atoms with Gasteiger partial charge >= 0.3 is 5.97 Å². The van der Waals surface area contributed by atoms with Gasteiger partial charge in [-0.3, -0.25) is 14.4 Å². The monoisotopic (exact) mass is 477 g/mol. The molecule has 11 heteroatoms. The van der Waals surface area contributed by atoms with Gasteiger partial charge < -0.3 is 31.8 Å². The lowest BCUT2D eigenvalue weighted by atomic mass is 10.0. The largest absolute Gasteiger partial charge is 0.480 e. The molecular weight excluding hydrogens is 446 g/mol. The van der Waals surface area contributed by atoms with Crippen LogP contribution in [0.1, 0.15) is 26.3 Å². The molecule has 0 bridgehead atoms. The van der Waals surface area contributed by atoms with Gasteiger partial charge in [0.25, 0.3) is 0 Å². The summed E-state index contributed by atoms with van der Waals surface area (Å²) >= 11 is 3.95. The Bertz CT molecular complexity index is 1010. The van der Waals surface area contributed by atoms with Crippen LogP contribution in [0.25, 0.3) is 10.9 Å². The summed E-state index contributed by atoms with van der Waals surface area (Å²) in [5.74, 6) is -3.17. The van der Waals surface area contributed by atoms with E-state index in [1.54, 1.807) is 20.0 Å². The summed E-state index contributed by atoms with van der Waals surface area (Å²) in [4.78, 5) is 52.3. The van der Waals surface area contributed by atoms with Crippen LogP contribution in [0, 0.1) is 5.92 Å². The van der Waals surface area contributed by atoms with Gasteiger partial charge in [0, 0.05) is 29.3 Å². The van der Waals surface area contributed by atoms with Crippen LogP contribution in [0.2, 0.25) is 0 Å². The van der Waals surface area contributed by atoms with E-state index in [1.165, 1.54) is 6.92 Å². The van der Waals surface area contributed by atoms with Crippen molar-refractivity contribution in [1.82, 2.24) is 20.9 Å². The fourth-order valence-corrected chi connectivity index (χ4v) is 3.43. The third-order valence-corrected chi connectivity index (χ3v) is 5.64. The molecule has 0 saturated heterocycles. The predicted molar refractivity (Wildman–Crippen MR) is 128 cm³/mol. The maximum Gasteiger partial charge on any atom is 0.326 e. The van der Waals surface area contributed by atoms with E-state index in [2.05, 4.69) is 33.6 Å². The Hall–Kier alpha value is -3.05. The Morgan fingerprint density at radius 2 is 1.70 bits per heavy atom. The molecule has 0 spiro atoms. The summed E-state index contributed by atoms with van der Waals surface area (Å²) in [6.45, 7) is 4.91. The second kappa shape index (κ2) is 11.7. The topological polar surface area (TPSA) is 166 Å². The summed E-state index contributed by atoms with van der Waals surface area (Å²) in [6, 6.07) is 3.45. The molecule has 0 saturated carbocycles. The molecule has 4 unspecified atom stereocenters. The standard InChI is InChI=1S/C22H31N5O5S/c1-11(2)18(27-19(28)12(3)25-20(29)15(23)10-33)21(30)26-17(22(31)32)8-13-9-24-16-7-5-4-6-14(13)16/h4-7,9,11-12,15,17-18,24,33H,8,10,23H2,1-3H3,(H,25,29)(H,26,30)(H,27,28)(H,31,32). The zero-order valence-corrected chi connectivity index (χ0v) is 19.7. The first-order valence-corrected chi connectivity index (χ1v) is 11.2. The number of fused-ring (bicyclic) bond motifs is 1. The fourth-order valence-electron chi connectivity index (χ4n) is 3.26. The van der Waals surface area contributed by atoms with Gasteiger partial charge in [0.2, 0.25) is 17.7 Å². The number of H-pyrrole nitrogens is 1. The molecule has 0 aliphatic heterocycles. The van der Waals surface area contributed by atoms with Gasteiger partial charge in [0.1, 0.15) is 18.1 Å². The maximum atomic E-state index is 12.9. The molecule has 180 valence electrons. The van der Waals surface area contributed by atoms with Crippen molar-refractivity contribution in [3.63, 3.8) is 0 Å². The van der Waals surface area contributed by atoms with Crippen LogP contribution in [0.5, 0.6) is 0 Å². The second-order valence-electron chi connectivity index (χ2n) is 8.21. The van der Waals surface area contributed by atoms with Crippen molar-refractivity contribution in [2.75, 3.05) is 5.75 Å². The molecule has 1 aromatic carbocycles. The molecule has 33 heavy (non-hydrogen) atoms. The van der Waals surface area contributed by atoms with E-state index in [0.717, 1.165) is 16.5 Å². The molecule has 0 aliphatic rings. The predicted octanol–water partition coefficient (Wildman–Crippen LogP) is 0.182. The van der Waals surface area contributed by atoms with E-state index >= 15 is 0 Å². The van der Waals surface area contributed by atoms with E-state index in [9.17, 15) is 24.3 Å². The molecule has 4 atom stereocenters. The first-order valence-electron chi connectivity index (χ1n) is 10.6. The minimum absolute atomic E-state index is 0.0674. The van der Waals surface area contributed by atoms with E-state index < -0.39 is 47.9 Å². The number of thiol groups is 1. The number of amides is 3. The van der Waals surface area contributed by atoms with E-state index in [4.69, 9.17) is 5.73 Å². The molecule has 2 rings (SSSR count). The minimum atomic E-state index is -1.19. The first kappa shape index (κ1) is 26.2. The van der Waals surface area contributed by atoms with Crippen LogP contribution in [-0.4, -0.2) is 63.7 Å². The van der Waals surface area contributed by atoms with Gasteiger partial charge in [-0.15, -0.1) is 0 Å². The van der Waals surface area contributed by atoms with Gasteiger partial charge in [0.05, 0.1) is 6.04 Å². The lowest BCUT2D eigenvalue weighted by Gasteiger charge is -2.26. The van der Waals surface area contributed by atoms with Crippen molar-refractivity contribution < 1.29 is 24.3 Å². The van der Waals surface area contributed by atoms with Crippen LogP contribution in [0.15, 0.2) is 30.5 Å². The molecule has 2 aromatic rings. The zero-order chi connectivity index (χ0) is 24.7. The average molecular weight is 478 g/mol. The Balaban J connectivity index is 2.08. The fraction of sp³-hybridized carbons (Fsp3) is 0.455. The third-order valence-electron chi connectivity index (χ3n) is 5.25. The number of aromatic amines is 1. The van der Waals surface area contributed by atoms with Crippen LogP contribution >= 0.6 is 12.6 Å². The van der Waals surface area contributed by atoms with E-state index in [0.29, 0.717) is 0 Å². The lowest BCUT2D eigenvalue weighted by Crippen LogP contribution is -2.58. The quantitative estimate of drug-likeness (QED) is 0.228. The number of benzene rings is 1. The maximum absolute atomic E-state index is 12.9. The van der Waals surface area contributed by atoms with Crippen LogP contribution < -0.4 is 21.7 Å². The van der Waals surface area contributed by atoms with Gasteiger partial charge in [0.15, 0.2) is 0 Å². The number of carbonyl (C=O) groups excluding carboxylic acids is 3. The normalized spacial score (nSPS) is 14.8. The molecule has 1 heterocycles. The van der Waals surface area contributed by atoms with Crippen LogP contribution in [-0.2, 0) is 25.6 Å². The van der Waals surface area contributed by atoms with Crippen molar-refractivity contribution in [1.29, 1.82) is 0 Å². The lowest BCUT2D eigenvalue weighted by molar-refractivity contribution is -0.142. The van der Waals surface area contributed by atoms with Crippen LogP contribution in [0.3, 0.4) is 0 Å². The molecule has 10 nitrogen and oxygen atoms in total. The molecular formula is C22H31N5O5S. The Morgan fingerprint density at radius 3 is 2.30 bits per heavy atom. The van der Waals surface area contributed by atoms with Crippen molar-refractivity contribution in [3.05, 3.63) is 36.0 Å². The summed E-state index contributed by atoms with van der Waals surface area (Å²) in [7, 11) is 0. The number of aromatic nitrogens is 1. The number of hydrogen-bond donors (Lipinski definition) is 7. The number of aliphatic carboxylic acids is 1. The number of nitrogens with two attached hydrogens (primary N) is 1. The van der Waals surface area contributed by atoms with Crippen molar-refractivity contribution in [2.24, 2.45) is 11.7 Å². The van der Waals surface area contributed by atoms with E-state index in [1.807, 2.05) is 24.3 Å². The number of para-hydroxylation sites is 1. The SMILES string of the molecule is CC(NC(=O)C(N)CS)C(=O)NC(C(=O)NC(Cc1c[nH]c2ccccc12)C(=O)O)C(C)C. The number of carboxylic acid groups (broad SMARTS) is 1. The summed E-state index contributed by atoms with van der Waals surface area (Å²) < 4.78 is 0. The highest BCUT2D eigenvalue weighted by Crippen LogP contribution is 2.19. The molecule has 0 fully saturated rings. The van der Waals surface area contributed by atoms with Gasteiger partial charge in [-0.05, 0) is 24.5 Å². The van der Waals surface area contributed by atoms with Crippen LogP contribution in [0.4, 0.5) is 0 Å². The van der Waals surface area contributed by atoms with Gasteiger partial charge in [-0.25, -0.2) is 4.79 Å². The zero-order valence-electron chi connectivity index (χ0n) is 18.8. The highest BCUT2D eigenvalue weighted by molar-refractivity contribution is 7.80. The molecule has 3 amide bonds. The second-order valence-corrected chi connectivity index (χ2v) is 8.58. The Morgan fingerprint density at radius 1 is 1.03 bits per heavy atom. The van der Waals surface area contributed by atoms with E-state index in [-0.39, 0.29) is 18.1 Å². The summed E-state index contributed by atoms with van der Waals surface area (Å²) in [5.41, 5.74) is 7.21. The minimum Gasteiger partial charge on any atom is -0.480 e. The Labute approximate surface area is 197 Å². The molecule has 0 aliphatic carbocycles. The number of carboxylic acids is 1. The van der Waals surface area contributed by atoms with Crippen molar-refractivity contribution in [2.45, 2.75) is 51.4 Å². The van der Waals surface area contributed by atoms with Gasteiger partial charge in [-0.1, -0.05) is 32.0 Å². The number of carbonyl (C=O) groups is 4. The summed E-state index contributed by atoms with van der Waals surface area (Å²) in [5, 5.41) is 18.1. The highest BCUT2D eigenvalue weighted by Gasteiger charge is 2.31. The summed E-state index contributed by atoms with van der Waals surface area (Å²) in [6.07, 6.45) is 1.78. The first-order chi connectivity index (χ1) is 15.5. The average Bonchev–Trinajstić information content (AvgIpc) is 3.18. The van der Waals surface area contributed by atoms with Crippen molar-refractivity contribution >= 4 is 47.2 Å². The Kier molecular flexibility index (Phi) is 9.30. The molecule has 0 radical (unpaired) electrons. The van der Waals surface area contributed by atoms with Crippen molar-refractivity contribution in [3.8, 4) is 0 Å². The highest BCUT2D eigenvalue weighted by atomic mass is 32.1. The number of hydrogen-bond acceptors (Lipinski definition) is 6. The smallest absolute Gasteiger partial charge is 0.326 e. The molecule has 1 aromatic heterocycles. The van der Waals surface area contributed by atoms with Gasteiger partial charge in [-0.2, -0.15) is 12.6 Å². The molecule has 7 N–H and O–H groups in total. The number of rotatable bonds is 11. The number of nitrogens with one attached hydrogen (secondary N) is 4. The third kappa shape index (κ3) is 6.96.